The molecule has 1 heterocycles. The Labute approximate surface area is 73.1 Å². The molecule has 0 spiro atoms. The minimum absolute atomic E-state index is 0.0892. The van der Waals surface area contributed by atoms with Gasteiger partial charge in [0, 0.05) is 18.4 Å². The van der Waals surface area contributed by atoms with Crippen LogP contribution in [0.2, 0.25) is 0 Å². The number of nitrogens with two attached hydrogens (primary N) is 1. The Bertz CT molecular complexity index is 268. The fraction of sp³-hybridized carbons (Fsp3) is 0.300. The van der Waals surface area contributed by atoms with E-state index in [0.717, 1.165) is 12.0 Å². The van der Waals surface area contributed by atoms with E-state index in [0.29, 0.717) is 0 Å². The van der Waals surface area contributed by atoms with Crippen LogP contribution in [0.5, 0.6) is 0 Å². The Morgan fingerprint density at radius 3 is 3.08 bits per heavy atom. The average Bonchev–Trinajstić information content (AvgIpc) is 2.16. The van der Waals surface area contributed by atoms with Crippen molar-refractivity contribution >= 4 is 0 Å². The van der Waals surface area contributed by atoms with E-state index in [2.05, 4.69) is 18.5 Å². The van der Waals surface area contributed by atoms with Crippen molar-refractivity contribution in [2.45, 2.75) is 19.4 Å². The van der Waals surface area contributed by atoms with Crippen LogP contribution in [0.15, 0.2) is 31.1 Å². The molecule has 2 nitrogen and oxygen atoms in total. The molecule has 2 N–H and O–H groups in total. The molecule has 12 heavy (non-hydrogen) atoms. The molecule has 0 radical (unpaired) electrons. The van der Waals surface area contributed by atoms with Crippen LogP contribution in [-0.4, -0.2) is 4.98 Å². The van der Waals surface area contributed by atoms with Gasteiger partial charge in [-0.25, -0.2) is 0 Å². The highest BCUT2D eigenvalue weighted by atomic mass is 14.7. The van der Waals surface area contributed by atoms with Crippen LogP contribution in [0.1, 0.15) is 24.1 Å². The summed E-state index contributed by atoms with van der Waals surface area (Å²) >= 11 is 0. The van der Waals surface area contributed by atoms with E-state index in [9.17, 15) is 0 Å². The van der Waals surface area contributed by atoms with Crippen molar-refractivity contribution in [3.8, 4) is 0 Å². The molecule has 0 bridgehead atoms. The quantitative estimate of drug-likeness (QED) is 0.689. The van der Waals surface area contributed by atoms with E-state index in [-0.39, 0.29) is 6.04 Å². The molecule has 1 rings (SSSR count). The van der Waals surface area contributed by atoms with Crippen LogP contribution in [-0.2, 0) is 6.42 Å². The molecule has 1 aromatic heterocycles. The second kappa shape index (κ2) is 4.02. The summed E-state index contributed by atoms with van der Waals surface area (Å²) in [6.45, 7) is 5.77. The van der Waals surface area contributed by atoms with Gasteiger partial charge in [-0.15, -0.1) is 6.58 Å². The minimum atomic E-state index is -0.0892. The predicted octanol–water partition coefficient (Wildman–Crippen LogP) is 1.83. The van der Waals surface area contributed by atoms with Crippen LogP contribution in [0.3, 0.4) is 0 Å². The van der Waals surface area contributed by atoms with Gasteiger partial charge >= 0.3 is 0 Å². The standard InChI is InChI=1S/C10H14N2/c1-3-8-5-6-12-7-9(8)10(11)4-2/h4-7,10H,2-3,11H2,1H3. The lowest BCUT2D eigenvalue weighted by molar-refractivity contribution is 0.874. The lowest BCUT2D eigenvalue weighted by Crippen LogP contribution is -2.09. The highest BCUT2D eigenvalue weighted by Crippen LogP contribution is 2.15. The first kappa shape index (κ1) is 8.94. The summed E-state index contributed by atoms with van der Waals surface area (Å²) in [5.41, 5.74) is 8.14. The fourth-order valence-corrected chi connectivity index (χ4v) is 1.18. The van der Waals surface area contributed by atoms with Gasteiger partial charge in [-0.3, -0.25) is 4.98 Å². The van der Waals surface area contributed by atoms with E-state index in [1.807, 2.05) is 12.3 Å². The summed E-state index contributed by atoms with van der Waals surface area (Å²) in [6.07, 6.45) is 6.32. The molecule has 0 aromatic carbocycles. The average molecular weight is 162 g/mol. The third kappa shape index (κ3) is 1.71. The molecule has 64 valence electrons. The molecule has 1 atom stereocenters. The van der Waals surface area contributed by atoms with Crippen molar-refractivity contribution in [2.24, 2.45) is 5.73 Å². The van der Waals surface area contributed by atoms with E-state index in [1.54, 1.807) is 12.3 Å². The van der Waals surface area contributed by atoms with Crippen LogP contribution in [0.4, 0.5) is 0 Å². The van der Waals surface area contributed by atoms with Gasteiger partial charge in [-0.1, -0.05) is 13.0 Å². The van der Waals surface area contributed by atoms with E-state index >= 15 is 0 Å². The maximum absolute atomic E-state index is 5.81. The highest BCUT2D eigenvalue weighted by Gasteiger charge is 2.05. The zero-order valence-corrected chi connectivity index (χ0v) is 7.33. The summed E-state index contributed by atoms with van der Waals surface area (Å²) in [5, 5.41) is 0. The first-order chi connectivity index (χ1) is 5.79. The maximum atomic E-state index is 5.81. The summed E-state index contributed by atoms with van der Waals surface area (Å²) in [6, 6.07) is 1.91. The van der Waals surface area contributed by atoms with Crippen molar-refractivity contribution in [3.05, 3.63) is 42.2 Å². The molecule has 2 heteroatoms. The number of hydrogen-bond acceptors (Lipinski definition) is 2. The molecule has 0 aliphatic carbocycles. The second-order valence-corrected chi connectivity index (χ2v) is 2.69. The molecule has 0 amide bonds. The van der Waals surface area contributed by atoms with Gasteiger partial charge in [0.15, 0.2) is 0 Å². The van der Waals surface area contributed by atoms with Gasteiger partial charge in [-0.2, -0.15) is 0 Å². The zero-order valence-electron chi connectivity index (χ0n) is 7.33. The monoisotopic (exact) mass is 162 g/mol. The molecular weight excluding hydrogens is 148 g/mol. The van der Waals surface area contributed by atoms with Gasteiger partial charge in [0.2, 0.25) is 0 Å². The molecule has 0 saturated heterocycles. The Balaban J connectivity index is 3.04. The first-order valence-corrected chi connectivity index (χ1v) is 4.10. The number of aromatic nitrogens is 1. The second-order valence-electron chi connectivity index (χ2n) is 2.69. The van der Waals surface area contributed by atoms with Gasteiger partial charge in [-0.05, 0) is 23.6 Å². The molecular formula is C10H14N2. The third-order valence-corrected chi connectivity index (χ3v) is 1.94. The Kier molecular flexibility index (Phi) is 3.00. The third-order valence-electron chi connectivity index (χ3n) is 1.94. The van der Waals surface area contributed by atoms with Gasteiger partial charge in [0.25, 0.3) is 0 Å². The normalized spacial score (nSPS) is 12.5. The van der Waals surface area contributed by atoms with Crippen LogP contribution in [0.25, 0.3) is 0 Å². The SMILES string of the molecule is C=CC(N)c1cnccc1CC. The van der Waals surface area contributed by atoms with Gasteiger partial charge in [0.1, 0.15) is 0 Å². The van der Waals surface area contributed by atoms with Gasteiger partial charge < -0.3 is 5.73 Å². The summed E-state index contributed by atoms with van der Waals surface area (Å²) in [5.74, 6) is 0. The van der Waals surface area contributed by atoms with Crippen molar-refractivity contribution in [1.29, 1.82) is 0 Å². The lowest BCUT2D eigenvalue weighted by Gasteiger charge is -2.10. The number of nitrogens with zero attached hydrogens (tertiary/aromatic N) is 1. The van der Waals surface area contributed by atoms with E-state index < -0.39 is 0 Å². The van der Waals surface area contributed by atoms with Crippen molar-refractivity contribution < 1.29 is 0 Å². The molecule has 1 unspecified atom stereocenters. The van der Waals surface area contributed by atoms with Crippen LogP contribution in [0, 0.1) is 0 Å². The lowest BCUT2D eigenvalue weighted by atomic mass is 10.0. The zero-order chi connectivity index (χ0) is 8.97. The number of pyridine rings is 1. The van der Waals surface area contributed by atoms with Crippen molar-refractivity contribution in [1.82, 2.24) is 4.98 Å². The first-order valence-electron chi connectivity index (χ1n) is 4.10. The maximum Gasteiger partial charge on any atom is 0.0496 e. The Morgan fingerprint density at radius 2 is 2.50 bits per heavy atom. The summed E-state index contributed by atoms with van der Waals surface area (Å²) in [7, 11) is 0. The topological polar surface area (TPSA) is 38.9 Å². The van der Waals surface area contributed by atoms with Crippen LogP contribution < -0.4 is 5.73 Å². The van der Waals surface area contributed by atoms with Crippen molar-refractivity contribution in [2.75, 3.05) is 0 Å². The largest absolute Gasteiger partial charge is 0.321 e. The van der Waals surface area contributed by atoms with Crippen LogP contribution >= 0.6 is 0 Å². The Morgan fingerprint density at radius 1 is 1.75 bits per heavy atom. The molecule has 0 saturated carbocycles. The number of rotatable bonds is 3. The number of hydrogen-bond donors (Lipinski definition) is 1. The highest BCUT2D eigenvalue weighted by molar-refractivity contribution is 5.28. The molecule has 0 aliphatic rings. The summed E-state index contributed by atoms with van der Waals surface area (Å²) in [4.78, 5) is 4.03. The smallest absolute Gasteiger partial charge is 0.0496 e. The van der Waals surface area contributed by atoms with Gasteiger partial charge in [0.05, 0.1) is 0 Å². The number of aryl methyl sites for hydroxylation is 1. The molecule has 1 aromatic rings. The summed E-state index contributed by atoms with van der Waals surface area (Å²) < 4.78 is 0. The predicted molar refractivity (Wildman–Crippen MR) is 50.7 cm³/mol. The fourth-order valence-electron chi connectivity index (χ4n) is 1.18. The minimum Gasteiger partial charge on any atom is -0.321 e. The molecule has 0 aliphatic heterocycles. The Hall–Kier alpha value is -1.15. The molecule has 0 fully saturated rings. The van der Waals surface area contributed by atoms with E-state index in [4.69, 9.17) is 5.73 Å². The van der Waals surface area contributed by atoms with E-state index in [1.165, 1.54) is 5.56 Å². The van der Waals surface area contributed by atoms with Crippen molar-refractivity contribution in [3.63, 3.8) is 0 Å².